The maximum atomic E-state index is 12.1. The summed E-state index contributed by atoms with van der Waals surface area (Å²) in [6.07, 6.45) is 6.60. The Morgan fingerprint density at radius 2 is 2.28 bits per heavy atom. The molecule has 0 spiro atoms. The molecule has 2 atom stereocenters. The second-order valence-electron chi connectivity index (χ2n) is 5.73. The molecule has 2 aliphatic heterocycles. The Kier molecular flexibility index (Phi) is 5.67. The fourth-order valence-corrected chi connectivity index (χ4v) is 3.24. The number of ether oxygens (including phenoxy) is 1. The largest absolute Gasteiger partial charge is 0.376 e. The van der Waals surface area contributed by atoms with Gasteiger partial charge in [0.1, 0.15) is 5.92 Å². The number of anilines is 1. The number of aliphatic imine (C=N–C) groups is 1. The zero-order valence-corrected chi connectivity index (χ0v) is 14.3. The number of hydrogen-bond donors (Lipinski definition) is 2. The summed E-state index contributed by atoms with van der Waals surface area (Å²) in [6.45, 7) is 1.25. The van der Waals surface area contributed by atoms with Crippen LogP contribution in [0.5, 0.6) is 0 Å². The summed E-state index contributed by atoms with van der Waals surface area (Å²) in [5.41, 5.74) is 0.564. The predicted octanol–water partition coefficient (Wildman–Crippen LogP) is 0.703. The average molecular weight is 362 g/mol. The number of carbonyl (C=O) groups is 3. The topological polar surface area (TPSA) is 110 Å². The van der Waals surface area contributed by atoms with Gasteiger partial charge in [-0.15, -0.1) is 11.3 Å². The highest BCUT2D eigenvalue weighted by Gasteiger charge is 2.25. The van der Waals surface area contributed by atoms with E-state index in [-0.39, 0.29) is 18.4 Å². The summed E-state index contributed by atoms with van der Waals surface area (Å²) in [4.78, 5) is 43.4. The average Bonchev–Trinajstić information content (AvgIpc) is 3.25. The maximum Gasteiger partial charge on any atom is 0.262 e. The lowest BCUT2D eigenvalue weighted by molar-refractivity contribution is -0.128. The molecular weight excluding hydrogens is 344 g/mol. The summed E-state index contributed by atoms with van der Waals surface area (Å²) in [7, 11) is 0. The van der Waals surface area contributed by atoms with Crippen molar-refractivity contribution in [3.63, 3.8) is 0 Å². The summed E-state index contributed by atoms with van der Waals surface area (Å²) >= 11 is 1.21. The van der Waals surface area contributed by atoms with Crippen molar-refractivity contribution in [2.24, 2.45) is 10.9 Å². The molecule has 2 N–H and O–H groups in total. The monoisotopic (exact) mass is 362 g/mol. The van der Waals surface area contributed by atoms with Crippen molar-refractivity contribution in [1.29, 1.82) is 0 Å². The minimum Gasteiger partial charge on any atom is -0.376 e. The summed E-state index contributed by atoms with van der Waals surface area (Å²) in [6, 6.07) is 0. The number of hydrogen-bond acceptors (Lipinski definition) is 6. The van der Waals surface area contributed by atoms with Crippen LogP contribution in [0.2, 0.25) is 0 Å². The molecule has 3 heterocycles. The van der Waals surface area contributed by atoms with E-state index < -0.39 is 17.7 Å². The normalized spacial score (nSPS) is 22.2. The molecule has 3 rings (SSSR count). The van der Waals surface area contributed by atoms with Gasteiger partial charge >= 0.3 is 0 Å². The standard InChI is InChI=1S/C16H18N4O4S/c21-13(18-8-11-3-2-6-24-11)7-10-9-25-16(19-10)20-15(23)12-4-1-5-17-14(12)22/h1,4-5,9,11-12H,2-3,6-8H2,(H,18,21)(H,19,20,23). The van der Waals surface area contributed by atoms with Crippen LogP contribution < -0.4 is 10.6 Å². The van der Waals surface area contributed by atoms with Crippen molar-refractivity contribution in [1.82, 2.24) is 10.3 Å². The Labute approximate surface area is 148 Å². The first-order valence-corrected chi connectivity index (χ1v) is 8.88. The van der Waals surface area contributed by atoms with E-state index in [9.17, 15) is 14.4 Å². The van der Waals surface area contributed by atoms with E-state index >= 15 is 0 Å². The molecule has 0 aromatic carbocycles. The molecule has 0 bridgehead atoms. The third-order valence-electron chi connectivity index (χ3n) is 3.81. The number of carbonyl (C=O) groups excluding carboxylic acids is 3. The highest BCUT2D eigenvalue weighted by atomic mass is 32.1. The zero-order chi connectivity index (χ0) is 17.6. The van der Waals surface area contributed by atoms with E-state index in [1.165, 1.54) is 23.6 Å². The zero-order valence-electron chi connectivity index (χ0n) is 13.4. The SMILES string of the molecule is O=C(Cc1csc(NC(=O)C2C=CC=NC2=O)n1)NCC1CCCO1. The van der Waals surface area contributed by atoms with Crippen LogP contribution in [0, 0.1) is 5.92 Å². The molecule has 9 heteroatoms. The summed E-state index contributed by atoms with van der Waals surface area (Å²) in [5.74, 6) is -2.07. The van der Waals surface area contributed by atoms with Crippen molar-refractivity contribution in [3.8, 4) is 0 Å². The minimum absolute atomic E-state index is 0.0953. The third-order valence-corrected chi connectivity index (χ3v) is 4.62. The van der Waals surface area contributed by atoms with E-state index in [2.05, 4.69) is 20.6 Å². The third kappa shape index (κ3) is 4.80. The second-order valence-corrected chi connectivity index (χ2v) is 6.59. The number of amides is 3. The number of allylic oxidation sites excluding steroid dienone is 1. The van der Waals surface area contributed by atoms with E-state index in [0.29, 0.717) is 17.4 Å². The maximum absolute atomic E-state index is 12.1. The van der Waals surface area contributed by atoms with Crippen molar-refractivity contribution in [2.45, 2.75) is 25.4 Å². The first-order valence-electron chi connectivity index (χ1n) is 8.00. The molecule has 8 nitrogen and oxygen atoms in total. The van der Waals surface area contributed by atoms with Crippen LogP contribution in [0.25, 0.3) is 0 Å². The number of aromatic nitrogens is 1. The molecule has 0 aliphatic carbocycles. The number of thiazole rings is 1. The van der Waals surface area contributed by atoms with Gasteiger partial charge < -0.3 is 15.4 Å². The first kappa shape index (κ1) is 17.4. The molecule has 1 aromatic heterocycles. The van der Waals surface area contributed by atoms with Gasteiger partial charge in [-0.2, -0.15) is 0 Å². The molecule has 132 valence electrons. The lowest BCUT2D eigenvalue weighted by Gasteiger charge is -2.10. The van der Waals surface area contributed by atoms with Gasteiger partial charge in [0.15, 0.2) is 5.13 Å². The molecule has 2 aliphatic rings. The summed E-state index contributed by atoms with van der Waals surface area (Å²) in [5, 5.41) is 7.46. The number of rotatable bonds is 6. The van der Waals surface area contributed by atoms with Gasteiger partial charge in [0.05, 0.1) is 18.2 Å². The summed E-state index contributed by atoms with van der Waals surface area (Å²) < 4.78 is 5.45. The van der Waals surface area contributed by atoms with Crippen LogP contribution in [-0.2, 0) is 25.5 Å². The van der Waals surface area contributed by atoms with Gasteiger partial charge in [0.2, 0.25) is 11.8 Å². The fraction of sp³-hybridized carbons (Fsp3) is 0.438. The highest BCUT2D eigenvalue weighted by Crippen LogP contribution is 2.18. The van der Waals surface area contributed by atoms with Crippen molar-refractivity contribution >= 4 is 40.4 Å². The van der Waals surface area contributed by atoms with Crippen LogP contribution in [0.1, 0.15) is 18.5 Å². The van der Waals surface area contributed by atoms with Gasteiger partial charge in [-0.3, -0.25) is 14.4 Å². The molecule has 3 amide bonds. The van der Waals surface area contributed by atoms with Crippen LogP contribution in [-0.4, -0.2) is 48.2 Å². The van der Waals surface area contributed by atoms with Gasteiger partial charge in [0, 0.05) is 24.7 Å². The lowest BCUT2D eigenvalue weighted by Crippen LogP contribution is -2.32. The van der Waals surface area contributed by atoms with Gasteiger partial charge in [-0.1, -0.05) is 6.08 Å². The lowest BCUT2D eigenvalue weighted by atomic mass is 10.1. The van der Waals surface area contributed by atoms with E-state index in [1.807, 2.05) is 0 Å². The molecule has 1 fully saturated rings. The fourth-order valence-electron chi connectivity index (χ4n) is 2.53. The molecular formula is C16H18N4O4S. The van der Waals surface area contributed by atoms with Gasteiger partial charge in [-0.25, -0.2) is 9.98 Å². The molecule has 25 heavy (non-hydrogen) atoms. The highest BCUT2D eigenvalue weighted by molar-refractivity contribution is 7.14. The Hall–Kier alpha value is -2.39. The minimum atomic E-state index is -0.938. The van der Waals surface area contributed by atoms with Crippen LogP contribution >= 0.6 is 11.3 Å². The van der Waals surface area contributed by atoms with Crippen molar-refractivity contribution in [3.05, 3.63) is 23.2 Å². The Balaban J connectivity index is 1.47. The number of nitrogens with zero attached hydrogens (tertiary/aromatic N) is 2. The molecule has 2 unspecified atom stereocenters. The van der Waals surface area contributed by atoms with Crippen LogP contribution in [0.3, 0.4) is 0 Å². The quantitative estimate of drug-likeness (QED) is 0.724. The van der Waals surface area contributed by atoms with E-state index in [4.69, 9.17) is 4.74 Å². The Morgan fingerprint density at radius 1 is 1.40 bits per heavy atom. The number of nitrogens with one attached hydrogen (secondary N) is 2. The van der Waals surface area contributed by atoms with Crippen molar-refractivity contribution in [2.75, 3.05) is 18.5 Å². The van der Waals surface area contributed by atoms with Crippen molar-refractivity contribution < 1.29 is 19.1 Å². The smallest absolute Gasteiger partial charge is 0.262 e. The Morgan fingerprint density at radius 3 is 3.04 bits per heavy atom. The second kappa shape index (κ2) is 8.13. The van der Waals surface area contributed by atoms with Gasteiger partial charge in [0.25, 0.3) is 5.91 Å². The Bertz CT molecular complexity index is 721. The first-order chi connectivity index (χ1) is 12.1. The molecule has 1 aromatic rings. The molecule has 0 radical (unpaired) electrons. The van der Waals surface area contributed by atoms with Gasteiger partial charge in [-0.05, 0) is 18.9 Å². The predicted molar refractivity (Wildman–Crippen MR) is 92.6 cm³/mol. The number of dihydropyridines is 1. The van der Waals surface area contributed by atoms with E-state index in [1.54, 1.807) is 11.5 Å². The molecule has 0 saturated carbocycles. The molecule has 1 saturated heterocycles. The van der Waals surface area contributed by atoms with Crippen LogP contribution in [0.4, 0.5) is 5.13 Å². The van der Waals surface area contributed by atoms with Crippen LogP contribution in [0.15, 0.2) is 22.5 Å². The van der Waals surface area contributed by atoms with E-state index in [0.717, 1.165) is 19.4 Å².